The third-order valence-corrected chi connectivity index (χ3v) is 3.04. The number of nitrogens with one attached hydrogen (secondary N) is 2. The molecule has 0 atom stereocenters. The number of para-hydroxylation sites is 1. The van der Waals surface area contributed by atoms with Crippen LogP contribution in [-0.2, 0) is 0 Å². The normalized spacial score (nSPS) is 10.2. The number of rotatable bonds is 4. The zero-order chi connectivity index (χ0) is 15.6. The Labute approximate surface area is 122 Å². The Hall–Kier alpha value is -2.54. The summed E-state index contributed by atoms with van der Waals surface area (Å²) in [5.41, 5.74) is -0.860. The lowest BCUT2D eigenvalue weighted by Crippen LogP contribution is -2.07. The van der Waals surface area contributed by atoms with Crippen LogP contribution in [0.5, 0.6) is 0 Å². The van der Waals surface area contributed by atoms with E-state index in [1.165, 1.54) is 6.07 Å². The van der Waals surface area contributed by atoms with Crippen LogP contribution >= 0.6 is 11.6 Å². The summed E-state index contributed by atoms with van der Waals surface area (Å²) in [5.74, 6) is -3.15. The molecule has 0 aliphatic heterocycles. The van der Waals surface area contributed by atoms with E-state index in [4.69, 9.17) is 22.1 Å². The maximum absolute atomic E-state index is 13.6. The summed E-state index contributed by atoms with van der Waals surface area (Å²) in [7, 11) is 0. The van der Waals surface area contributed by atoms with Gasteiger partial charge in [-0.25, -0.2) is 18.6 Å². The molecule has 0 spiro atoms. The minimum absolute atomic E-state index is 0.0841. The molecule has 0 aliphatic rings. The molecule has 1 heterocycles. The molecule has 0 unspecified atom stereocenters. The van der Waals surface area contributed by atoms with Gasteiger partial charge in [-0.15, -0.1) is 0 Å². The van der Waals surface area contributed by atoms with E-state index < -0.39 is 23.3 Å². The highest BCUT2D eigenvalue weighted by molar-refractivity contribution is 6.36. The molecule has 1 aromatic heterocycles. The van der Waals surface area contributed by atoms with Crippen molar-refractivity contribution >= 4 is 35.3 Å². The topological polar surface area (TPSA) is 86.1 Å². The fraction of sp³-hybridized carbons (Fsp3) is 0. The van der Waals surface area contributed by atoms with Gasteiger partial charge in [0.05, 0.1) is 16.1 Å². The summed E-state index contributed by atoms with van der Waals surface area (Å²) >= 11 is 5.86. The van der Waals surface area contributed by atoms with Crippen LogP contribution in [0.4, 0.5) is 20.3 Å². The first kappa shape index (κ1) is 14.9. The molecular weight excluding hydrogens is 304 g/mol. The van der Waals surface area contributed by atoms with Crippen molar-refractivity contribution in [1.29, 1.82) is 5.41 Å². The Morgan fingerprint density at radius 1 is 1.38 bits per heavy atom. The van der Waals surface area contributed by atoms with Crippen LogP contribution in [-0.4, -0.2) is 22.3 Å². The lowest BCUT2D eigenvalue weighted by molar-refractivity contribution is 0.0696. The van der Waals surface area contributed by atoms with Crippen molar-refractivity contribution in [3.05, 3.63) is 52.2 Å². The van der Waals surface area contributed by atoms with E-state index in [-0.39, 0.29) is 22.0 Å². The molecule has 3 N–H and O–H groups in total. The van der Waals surface area contributed by atoms with Crippen molar-refractivity contribution in [3.63, 3.8) is 0 Å². The van der Waals surface area contributed by atoms with Gasteiger partial charge in [0, 0.05) is 12.4 Å². The number of carbonyl (C=O) groups is 1. The lowest BCUT2D eigenvalue weighted by Gasteiger charge is -2.12. The van der Waals surface area contributed by atoms with Crippen LogP contribution < -0.4 is 5.32 Å². The van der Waals surface area contributed by atoms with Gasteiger partial charge in [-0.1, -0.05) is 17.7 Å². The Kier molecular flexibility index (Phi) is 4.13. The highest BCUT2D eigenvalue weighted by atomic mass is 35.5. The minimum atomic E-state index is -1.32. The van der Waals surface area contributed by atoms with Gasteiger partial charge in [0.15, 0.2) is 0 Å². The Balaban J connectivity index is 2.53. The lowest BCUT2D eigenvalue weighted by atomic mass is 10.2. The molecule has 0 radical (unpaired) electrons. The second-order valence-corrected chi connectivity index (χ2v) is 4.30. The molecule has 2 aromatic rings. The number of pyridine rings is 1. The van der Waals surface area contributed by atoms with Gasteiger partial charge in [-0.2, -0.15) is 0 Å². The van der Waals surface area contributed by atoms with Crippen LogP contribution in [0.25, 0.3) is 0 Å². The molecule has 0 saturated carbocycles. The summed E-state index contributed by atoms with van der Waals surface area (Å²) in [6, 6.07) is 3.28. The first-order chi connectivity index (χ1) is 9.95. The van der Waals surface area contributed by atoms with Gasteiger partial charge in [0.2, 0.25) is 0 Å². The standard InChI is InChI=1S/C13H8ClF2N3O2/c14-10-6(4-17)12(18-5-7(10)13(20)21)19-11-8(15)2-1-3-9(11)16/h1-5,17H,(H,18,19)(H,20,21). The fourth-order valence-electron chi connectivity index (χ4n) is 1.62. The van der Waals surface area contributed by atoms with E-state index in [1.54, 1.807) is 0 Å². The van der Waals surface area contributed by atoms with E-state index in [9.17, 15) is 13.6 Å². The molecule has 1 aromatic carbocycles. The van der Waals surface area contributed by atoms with E-state index in [0.29, 0.717) is 0 Å². The second kappa shape index (κ2) is 5.84. The molecule has 21 heavy (non-hydrogen) atoms. The van der Waals surface area contributed by atoms with Crippen molar-refractivity contribution in [2.24, 2.45) is 0 Å². The third-order valence-electron chi connectivity index (χ3n) is 2.63. The predicted molar refractivity (Wildman–Crippen MR) is 73.7 cm³/mol. The van der Waals surface area contributed by atoms with E-state index >= 15 is 0 Å². The maximum atomic E-state index is 13.6. The highest BCUT2D eigenvalue weighted by Crippen LogP contribution is 2.29. The minimum Gasteiger partial charge on any atom is -0.478 e. The van der Waals surface area contributed by atoms with Gasteiger partial charge in [-0.05, 0) is 12.1 Å². The average molecular weight is 312 g/mol. The van der Waals surface area contributed by atoms with Gasteiger partial charge in [0.1, 0.15) is 23.1 Å². The first-order valence-corrected chi connectivity index (χ1v) is 5.96. The molecule has 0 fully saturated rings. The molecule has 0 amide bonds. The molecule has 0 aliphatic carbocycles. The first-order valence-electron chi connectivity index (χ1n) is 5.59. The van der Waals surface area contributed by atoms with Crippen LogP contribution in [0.2, 0.25) is 5.02 Å². The molecule has 8 heteroatoms. The number of aromatic nitrogens is 1. The van der Waals surface area contributed by atoms with E-state index in [0.717, 1.165) is 24.5 Å². The van der Waals surface area contributed by atoms with Crippen LogP contribution in [0.1, 0.15) is 15.9 Å². The number of nitrogens with zero attached hydrogens (tertiary/aromatic N) is 1. The monoisotopic (exact) mass is 311 g/mol. The number of carboxylic acids is 1. The number of carboxylic acid groups (broad SMARTS) is 1. The van der Waals surface area contributed by atoms with Crippen molar-refractivity contribution in [2.45, 2.75) is 0 Å². The van der Waals surface area contributed by atoms with Crippen molar-refractivity contribution < 1.29 is 18.7 Å². The number of hydrogen-bond acceptors (Lipinski definition) is 4. The number of hydrogen-bond donors (Lipinski definition) is 3. The third kappa shape index (κ3) is 2.82. The van der Waals surface area contributed by atoms with Crippen molar-refractivity contribution in [1.82, 2.24) is 4.98 Å². The second-order valence-electron chi connectivity index (χ2n) is 3.92. The molecule has 5 nitrogen and oxygen atoms in total. The Bertz CT molecular complexity index is 717. The van der Waals surface area contributed by atoms with Crippen molar-refractivity contribution in [2.75, 3.05) is 5.32 Å². The Morgan fingerprint density at radius 3 is 2.52 bits per heavy atom. The number of halogens is 3. The molecule has 0 saturated heterocycles. The zero-order valence-electron chi connectivity index (χ0n) is 10.3. The van der Waals surface area contributed by atoms with Gasteiger partial charge in [-0.3, -0.25) is 0 Å². The summed E-state index contributed by atoms with van der Waals surface area (Å²) in [5, 5.41) is 18.3. The quantitative estimate of drug-likeness (QED) is 0.755. The average Bonchev–Trinajstić information content (AvgIpc) is 2.42. The molecule has 2 rings (SSSR count). The number of benzene rings is 1. The van der Waals surface area contributed by atoms with Crippen molar-refractivity contribution in [3.8, 4) is 0 Å². The fourth-order valence-corrected chi connectivity index (χ4v) is 1.89. The summed E-state index contributed by atoms with van der Waals surface area (Å²) in [6.45, 7) is 0. The van der Waals surface area contributed by atoms with Gasteiger partial charge < -0.3 is 15.8 Å². The van der Waals surface area contributed by atoms with Crippen LogP contribution in [0, 0.1) is 17.0 Å². The van der Waals surface area contributed by atoms with E-state index in [2.05, 4.69) is 10.3 Å². The Morgan fingerprint density at radius 2 is 2.00 bits per heavy atom. The highest BCUT2D eigenvalue weighted by Gasteiger charge is 2.18. The summed E-state index contributed by atoms with van der Waals surface area (Å²) < 4.78 is 27.1. The molecular formula is C13H8ClF2N3O2. The molecule has 108 valence electrons. The largest absolute Gasteiger partial charge is 0.478 e. The van der Waals surface area contributed by atoms with E-state index in [1.807, 2.05) is 0 Å². The van der Waals surface area contributed by atoms with Crippen LogP contribution in [0.3, 0.4) is 0 Å². The maximum Gasteiger partial charge on any atom is 0.338 e. The van der Waals surface area contributed by atoms with Gasteiger partial charge >= 0.3 is 5.97 Å². The summed E-state index contributed by atoms with van der Waals surface area (Å²) in [4.78, 5) is 14.7. The SMILES string of the molecule is N=Cc1c(Nc2c(F)cccc2F)ncc(C(=O)O)c1Cl. The smallest absolute Gasteiger partial charge is 0.338 e. The zero-order valence-corrected chi connectivity index (χ0v) is 11.1. The predicted octanol–water partition coefficient (Wildman–Crippen LogP) is 3.45. The van der Waals surface area contributed by atoms with Crippen LogP contribution in [0.15, 0.2) is 24.4 Å². The summed E-state index contributed by atoms with van der Waals surface area (Å²) in [6.07, 6.45) is 1.70. The number of anilines is 2. The van der Waals surface area contributed by atoms with Gasteiger partial charge in [0.25, 0.3) is 0 Å². The molecule has 0 bridgehead atoms. The number of aromatic carboxylic acids is 1.